The van der Waals surface area contributed by atoms with Crippen molar-refractivity contribution < 1.29 is 14.3 Å². The molecule has 0 N–H and O–H groups in total. The minimum absolute atomic E-state index is 0.0254. The van der Waals surface area contributed by atoms with E-state index < -0.39 is 0 Å². The lowest BCUT2D eigenvalue weighted by Crippen LogP contribution is -2.47. The zero-order valence-electron chi connectivity index (χ0n) is 20.1. The van der Waals surface area contributed by atoms with E-state index in [-0.39, 0.29) is 24.4 Å². The van der Waals surface area contributed by atoms with Crippen LogP contribution in [0, 0.1) is 0 Å². The van der Waals surface area contributed by atoms with Crippen molar-refractivity contribution in [3.05, 3.63) is 57.8 Å². The lowest BCUT2D eigenvalue weighted by atomic mass is 9.93. The summed E-state index contributed by atoms with van der Waals surface area (Å²) in [5.74, 6) is 0.109. The van der Waals surface area contributed by atoms with Crippen LogP contribution in [0.15, 0.2) is 41.8 Å². The molecule has 33 heavy (non-hydrogen) atoms. The first-order chi connectivity index (χ1) is 16.2. The van der Waals surface area contributed by atoms with Crippen molar-refractivity contribution >= 4 is 23.2 Å². The molecule has 1 unspecified atom stereocenters. The van der Waals surface area contributed by atoms with Gasteiger partial charge < -0.3 is 14.5 Å². The number of hydrogen-bond donors (Lipinski definition) is 0. The van der Waals surface area contributed by atoms with Gasteiger partial charge in [-0.1, -0.05) is 62.9 Å². The highest BCUT2D eigenvalue weighted by Gasteiger charge is 2.33. The summed E-state index contributed by atoms with van der Waals surface area (Å²) in [5, 5.41) is 2.12. The first-order valence-corrected chi connectivity index (χ1v) is 13.2. The van der Waals surface area contributed by atoms with Crippen LogP contribution in [0.2, 0.25) is 0 Å². The first-order valence-electron chi connectivity index (χ1n) is 12.3. The van der Waals surface area contributed by atoms with Crippen LogP contribution in [0.5, 0.6) is 0 Å². The number of hydrogen-bond acceptors (Lipinski definition) is 4. The summed E-state index contributed by atoms with van der Waals surface area (Å²) in [4.78, 5) is 31.7. The molecule has 3 rings (SSSR count). The molecular formula is C27H38N2O3S. The summed E-state index contributed by atoms with van der Waals surface area (Å²) in [7, 11) is 1.67. The Hall–Kier alpha value is -2.18. The van der Waals surface area contributed by atoms with Crippen LogP contribution in [0.3, 0.4) is 0 Å². The van der Waals surface area contributed by atoms with Crippen LogP contribution in [0.25, 0.3) is 0 Å². The summed E-state index contributed by atoms with van der Waals surface area (Å²) < 4.78 is 5.19. The molecule has 1 aliphatic rings. The number of benzene rings is 1. The highest BCUT2D eigenvalue weighted by atomic mass is 32.1. The predicted molar refractivity (Wildman–Crippen MR) is 134 cm³/mol. The van der Waals surface area contributed by atoms with Crippen LogP contribution in [-0.2, 0) is 20.7 Å². The molecule has 1 aromatic heterocycles. The average molecular weight is 471 g/mol. The van der Waals surface area contributed by atoms with E-state index in [4.69, 9.17) is 4.74 Å². The number of methoxy groups -OCH3 is 1. The Balaban J connectivity index is 1.70. The van der Waals surface area contributed by atoms with Gasteiger partial charge in [0.25, 0.3) is 0 Å². The Kier molecular flexibility index (Phi) is 10.4. The number of fused-ring (bicyclic) bond motifs is 1. The Morgan fingerprint density at radius 2 is 1.88 bits per heavy atom. The first kappa shape index (κ1) is 25.4. The second-order valence-electron chi connectivity index (χ2n) is 8.78. The number of unbranched alkanes of at least 4 members (excludes halogenated alkanes) is 4. The molecule has 2 heterocycles. The van der Waals surface area contributed by atoms with E-state index in [9.17, 15) is 9.59 Å². The maximum atomic E-state index is 13.6. The topological polar surface area (TPSA) is 49.9 Å². The lowest BCUT2D eigenvalue weighted by Gasteiger charge is -2.37. The normalized spacial score (nSPS) is 15.3. The quantitative estimate of drug-likeness (QED) is 0.366. The molecular weight excluding hydrogens is 432 g/mol. The zero-order valence-corrected chi connectivity index (χ0v) is 20.9. The van der Waals surface area contributed by atoms with Crippen molar-refractivity contribution in [3.8, 4) is 0 Å². The molecule has 1 atom stereocenters. The van der Waals surface area contributed by atoms with Gasteiger partial charge in [0.2, 0.25) is 11.8 Å². The van der Waals surface area contributed by atoms with Crippen LogP contribution in [0.1, 0.15) is 73.9 Å². The molecule has 0 aliphatic carbocycles. The van der Waals surface area contributed by atoms with Crippen molar-refractivity contribution in [1.29, 1.82) is 0 Å². The van der Waals surface area contributed by atoms with Crippen molar-refractivity contribution in [2.75, 3.05) is 33.4 Å². The fourth-order valence-corrected chi connectivity index (χ4v) is 5.47. The second kappa shape index (κ2) is 13.5. The van der Waals surface area contributed by atoms with Crippen molar-refractivity contribution in [2.45, 2.75) is 64.3 Å². The number of amides is 2. The van der Waals surface area contributed by atoms with Gasteiger partial charge in [0, 0.05) is 38.1 Å². The van der Waals surface area contributed by atoms with Gasteiger partial charge in [0.1, 0.15) is 0 Å². The van der Waals surface area contributed by atoms with E-state index in [0.29, 0.717) is 26.1 Å². The average Bonchev–Trinajstić information content (AvgIpc) is 3.32. The molecule has 1 aliphatic heterocycles. The molecule has 2 amide bonds. The number of rotatable bonds is 13. The van der Waals surface area contributed by atoms with Gasteiger partial charge in [0.05, 0.1) is 12.6 Å². The van der Waals surface area contributed by atoms with Crippen molar-refractivity contribution in [1.82, 2.24) is 9.80 Å². The summed E-state index contributed by atoms with van der Waals surface area (Å²) in [6.45, 7) is 4.16. The number of thiophene rings is 1. The van der Waals surface area contributed by atoms with Gasteiger partial charge in [0.15, 0.2) is 0 Å². The van der Waals surface area contributed by atoms with Crippen molar-refractivity contribution in [3.63, 3.8) is 0 Å². The van der Waals surface area contributed by atoms with E-state index in [0.717, 1.165) is 31.2 Å². The third-order valence-corrected chi connectivity index (χ3v) is 7.35. The number of carbonyl (C=O) groups is 2. The lowest BCUT2D eigenvalue weighted by molar-refractivity contribution is -0.142. The molecule has 1 aromatic carbocycles. The smallest absolute Gasteiger partial charge is 0.242 e. The van der Waals surface area contributed by atoms with Crippen LogP contribution in [-0.4, -0.2) is 55.0 Å². The molecule has 0 saturated carbocycles. The van der Waals surface area contributed by atoms with Gasteiger partial charge >= 0.3 is 0 Å². The largest absolute Gasteiger partial charge is 0.385 e. The number of nitrogens with zero attached hydrogens (tertiary/aromatic N) is 2. The Morgan fingerprint density at radius 3 is 2.64 bits per heavy atom. The highest BCUT2D eigenvalue weighted by Crippen LogP contribution is 2.37. The number of ether oxygens (including phenoxy) is 1. The monoisotopic (exact) mass is 470 g/mol. The van der Waals surface area contributed by atoms with Crippen LogP contribution >= 0.6 is 11.3 Å². The molecule has 0 fully saturated rings. The van der Waals surface area contributed by atoms with E-state index >= 15 is 0 Å². The predicted octanol–water partition coefficient (Wildman–Crippen LogP) is 5.45. The van der Waals surface area contributed by atoms with Gasteiger partial charge in [-0.25, -0.2) is 0 Å². The molecule has 5 nitrogen and oxygen atoms in total. The minimum Gasteiger partial charge on any atom is -0.385 e. The van der Waals surface area contributed by atoms with Gasteiger partial charge in [-0.2, -0.15) is 0 Å². The molecule has 6 heteroatoms. The SMILES string of the molecule is CCCCCCCC(=O)N(CCCOC)CC(=O)N1CCc2sccc2C1c1ccccc1. The van der Waals surface area contributed by atoms with Crippen LogP contribution < -0.4 is 0 Å². The summed E-state index contributed by atoms with van der Waals surface area (Å²) in [6, 6.07) is 12.3. The third kappa shape index (κ3) is 7.15. The minimum atomic E-state index is -0.0846. The summed E-state index contributed by atoms with van der Waals surface area (Å²) in [5.41, 5.74) is 2.34. The maximum absolute atomic E-state index is 13.6. The standard InChI is InChI=1S/C27H38N2O3S/c1-3-4-5-6-10-14-25(30)28(17-11-19-32-2)21-26(31)29-18-15-24-23(16-20-33-24)27(29)22-12-8-7-9-13-22/h7-9,12-13,16,20,27H,3-6,10-11,14-15,17-19,21H2,1-2H3. The zero-order chi connectivity index (χ0) is 23.5. The van der Waals surface area contributed by atoms with E-state index in [1.165, 1.54) is 29.7 Å². The second-order valence-corrected chi connectivity index (χ2v) is 9.78. The van der Waals surface area contributed by atoms with Gasteiger partial charge in [-0.15, -0.1) is 11.3 Å². The molecule has 0 radical (unpaired) electrons. The fourth-order valence-electron chi connectivity index (χ4n) is 4.56. The fraction of sp³-hybridized carbons (Fsp3) is 0.556. The van der Waals surface area contributed by atoms with Crippen LogP contribution in [0.4, 0.5) is 0 Å². The molecule has 0 bridgehead atoms. The Morgan fingerprint density at radius 1 is 1.09 bits per heavy atom. The van der Waals surface area contributed by atoms with Gasteiger partial charge in [-0.3, -0.25) is 9.59 Å². The van der Waals surface area contributed by atoms with E-state index in [1.807, 2.05) is 23.1 Å². The van der Waals surface area contributed by atoms with E-state index in [1.54, 1.807) is 23.3 Å². The summed E-state index contributed by atoms with van der Waals surface area (Å²) in [6.07, 6.45) is 7.66. The van der Waals surface area contributed by atoms with Gasteiger partial charge in [-0.05, 0) is 41.8 Å². The molecule has 180 valence electrons. The van der Waals surface area contributed by atoms with Crippen molar-refractivity contribution in [2.24, 2.45) is 0 Å². The molecule has 0 saturated heterocycles. The Bertz CT molecular complexity index is 867. The molecule has 0 spiro atoms. The third-order valence-electron chi connectivity index (χ3n) is 6.35. The number of carbonyl (C=O) groups excluding carboxylic acids is 2. The maximum Gasteiger partial charge on any atom is 0.242 e. The van der Waals surface area contributed by atoms with E-state index in [2.05, 4.69) is 30.5 Å². The molecule has 2 aromatic rings. The summed E-state index contributed by atoms with van der Waals surface area (Å²) >= 11 is 1.77. The Labute approximate surface area is 202 Å². The highest BCUT2D eigenvalue weighted by molar-refractivity contribution is 7.10.